The number of carbonyl (C=O) groups is 2. The monoisotopic (exact) mass is 302 g/mol. The Hall–Kier alpha value is -2.47. The van der Waals surface area contributed by atoms with Gasteiger partial charge >= 0.3 is 5.97 Å². The molecule has 2 rings (SSSR count). The van der Waals surface area contributed by atoms with Crippen LogP contribution in [-0.2, 0) is 4.79 Å². The van der Waals surface area contributed by atoms with E-state index in [1.807, 2.05) is 30.3 Å². The average molecular weight is 302 g/mol. The highest BCUT2D eigenvalue weighted by Crippen LogP contribution is 2.23. The summed E-state index contributed by atoms with van der Waals surface area (Å²) in [6.45, 7) is 0. The fourth-order valence-corrected chi connectivity index (χ4v) is 2.48. The summed E-state index contributed by atoms with van der Waals surface area (Å²) in [4.78, 5) is 29.2. The van der Waals surface area contributed by atoms with Crippen LogP contribution in [0.2, 0.25) is 0 Å². The zero-order chi connectivity index (χ0) is 15.4. The van der Waals surface area contributed by atoms with Crippen LogP contribution in [0.4, 0.5) is 0 Å². The lowest BCUT2D eigenvalue weighted by atomic mass is 10.1. The molecule has 0 bridgehead atoms. The second-order valence-electron chi connectivity index (χ2n) is 4.54. The van der Waals surface area contributed by atoms with Gasteiger partial charge < -0.3 is 10.0 Å². The molecule has 0 aliphatic carbocycles. The number of nitrogens with zero attached hydrogens (tertiary/aromatic N) is 2. The van der Waals surface area contributed by atoms with E-state index < -0.39 is 11.8 Å². The first-order valence-electron chi connectivity index (χ1n) is 6.16. The average Bonchev–Trinajstić information content (AvgIpc) is 2.94. The van der Waals surface area contributed by atoms with Crippen LogP contribution in [0.15, 0.2) is 47.5 Å². The van der Waals surface area contributed by atoms with Crippen molar-refractivity contribution in [3.63, 3.8) is 0 Å². The molecule has 2 aromatic rings. The number of aliphatic carboxylic acids is 1. The molecule has 6 heteroatoms. The van der Waals surface area contributed by atoms with Crippen molar-refractivity contribution in [2.24, 2.45) is 0 Å². The van der Waals surface area contributed by atoms with Crippen LogP contribution in [0.25, 0.3) is 11.3 Å². The summed E-state index contributed by atoms with van der Waals surface area (Å²) in [7, 11) is 3.32. The SMILES string of the molecule is CN(C)/C=C(/C(=O)O)C(=O)c1nc(-c2ccccc2)cs1. The Morgan fingerprint density at radius 2 is 1.90 bits per heavy atom. The Bertz CT molecular complexity index is 690. The number of rotatable bonds is 5. The Kier molecular flexibility index (Phi) is 4.49. The van der Waals surface area contributed by atoms with E-state index in [-0.39, 0.29) is 10.6 Å². The van der Waals surface area contributed by atoms with Gasteiger partial charge in [0.05, 0.1) is 5.69 Å². The second kappa shape index (κ2) is 6.32. The summed E-state index contributed by atoms with van der Waals surface area (Å²) >= 11 is 1.14. The van der Waals surface area contributed by atoms with Gasteiger partial charge in [0.2, 0.25) is 5.78 Å². The number of hydrogen-bond acceptors (Lipinski definition) is 5. The van der Waals surface area contributed by atoms with E-state index in [4.69, 9.17) is 5.11 Å². The molecular weight excluding hydrogens is 288 g/mol. The standard InChI is InChI=1S/C15H14N2O3S/c1-17(2)8-11(15(19)20)13(18)14-16-12(9-21-14)10-6-4-3-5-7-10/h3-9H,1-2H3,(H,19,20)/b11-8+. The number of carboxylic acid groups (broad SMARTS) is 1. The zero-order valence-electron chi connectivity index (χ0n) is 11.6. The molecular formula is C15H14N2O3S. The summed E-state index contributed by atoms with van der Waals surface area (Å²) in [5.41, 5.74) is 1.26. The fraction of sp³-hybridized carbons (Fsp3) is 0.133. The fourth-order valence-electron chi connectivity index (χ4n) is 1.70. The summed E-state index contributed by atoms with van der Waals surface area (Å²) in [6.07, 6.45) is 1.29. The van der Waals surface area contributed by atoms with Gasteiger partial charge in [0.1, 0.15) is 5.57 Å². The molecule has 1 heterocycles. The molecule has 1 aromatic carbocycles. The number of aromatic nitrogens is 1. The third kappa shape index (κ3) is 3.55. The van der Waals surface area contributed by atoms with Gasteiger partial charge in [-0.05, 0) is 0 Å². The first-order chi connectivity index (χ1) is 9.99. The van der Waals surface area contributed by atoms with Gasteiger partial charge in [-0.2, -0.15) is 0 Å². The summed E-state index contributed by atoms with van der Waals surface area (Å²) < 4.78 is 0. The molecule has 1 aromatic heterocycles. The highest BCUT2D eigenvalue weighted by molar-refractivity contribution is 7.12. The normalized spacial score (nSPS) is 11.2. The maximum Gasteiger partial charge on any atom is 0.341 e. The first-order valence-corrected chi connectivity index (χ1v) is 7.04. The van der Waals surface area contributed by atoms with Crippen LogP contribution >= 0.6 is 11.3 Å². The molecule has 0 saturated carbocycles. The lowest BCUT2D eigenvalue weighted by Gasteiger charge is -2.06. The maximum atomic E-state index is 12.2. The minimum atomic E-state index is -1.26. The van der Waals surface area contributed by atoms with Crippen molar-refractivity contribution in [2.75, 3.05) is 14.1 Å². The van der Waals surface area contributed by atoms with E-state index in [1.165, 1.54) is 11.1 Å². The van der Waals surface area contributed by atoms with E-state index >= 15 is 0 Å². The maximum absolute atomic E-state index is 12.2. The molecule has 0 unspecified atom stereocenters. The number of carboxylic acids is 1. The predicted octanol–water partition coefficient (Wildman–Crippen LogP) is 2.52. The van der Waals surface area contributed by atoms with Crippen molar-refractivity contribution in [1.82, 2.24) is 9.88 Å². The van der Waals surface area contributed by atoms with E-state index in [2.05, 4.69) is 4.98 Å². The number of carbonyl (C=O) groups excluding carboxylic acids is 1. The minimum Gasteiger partial charge on any atom is -0.477 e. The van der Waals surface area contributed by atoms with E-state index in [0.29, 0.717) is 5.69 Å². The molecule has 0 radical (unpaired) electrons. The number of thiazole rings is 1. The number of Topliss-reactive ketones (excluding diaryl/α,β-unsaturated/α-hetero) is 1. The quantitative estimate of drug-likeness (QED) is 0.398. The molecule has 0 amide bonds. The third-order valence-electron chi connectivity index (χ3n) is 2.63. The Morgan fingerprint density at radius 3 is 2.48 bits per heavy atom. The van der Waals surface area contributed by atoms with Crippen LogP contribution in [0.1, 0.15) is 9.80 Å². The smallest absolute Gasteiger partial charge is 0.341 e. The van der Waals surface area contributed by atoms with Crippen molar-refractivity contribution >= 4 is 23.1 Å². The second-order valence-corrected chi connectivity index (χ2v) is 5.40. The Balaban J connectivity index is 2.33. The highest BCUT2D eigenvalue weighted by atomic mass is 32.1. The zero-order valence-corrected chi connectivity index (χ0v) is 12.4. The topological polar surface area (TPSA) is 70.5 Å². The van der Waals surface area contributed by atoms with Crippen molar-refractivity contribution in [3.05, 3.63) is 52.5 Å². The molecule has 0 spiro atoms. The van der Waals surface area contributed by atoms with Gasteiger partial charge in [-0.15, -0.1) is 11.3 Å². The molecule has 0 aliphatic heterocycles. The van der Waals surface area contributed by atoms with Gasteiger partial charge in [-0.25, -0.2) is 9.78 Å². The molecule has 0 aliphatic rings. The number of ketones is 1. The number of hydrogen-bond donors (Lipinski definition) is 1. The van der Waals surface area contributed by atoms with Crippen molar-refractivity contribution in [1.29, 1.82) is 0 Å². The molecule has 108 valence electrons. The van der Waals surface area contributed by atoms with E-state index in [0.717, 1.165) is 16.9 Å². The Labute approximate surface area is 126 Å². The third-order valence-corrected chi connectivity index (χ3v) is 3.47. The lowest BCUT2D eigenvalue weighted by Crippen LogP contribution is -2.16. The minimum absolute atomic E-state index is 0.171. The van der Waals surface area contributed by atoms with Crippen LogP contribution in [0, 0.1) is 0 Å². The van der Waals surface area contributed by atoms with Crippen molar-refractivity contribution in [3.8, 4) is 11.3 Å². The molecule has 0 atom stereocenters. The summed E-state index contributed by atoms with van der Waals surface area (Å²) in [6, 6.07) is 9.42. The Morgan fingerprint density at radius 1 is 1.24 bits per heavy atom. The molecule has 0 saturated heterocycles. The summed E-state index contributed by atoms with van der Waals surface area (Å²) in [5.74, 6) is -1.84. The first kappa shape index (κ1) is 14.9. The van der Waals surface area contributed by atoms with Gasteiger partial charge in [0.25, 0.3) is 0 Å². The van der Waals surface area contributed by atoms with E-state index in [1.54, 1.807) is 19.5 Å². The van der Waals surface area contributed by atoms with Gasteiger partial charge in [0, 0.05) is 31.2 Å². The molecule has 1 N–H and O–H groups in total. The van der Waals surface area contributed by atoms with Crippen LogP contribution in [0.5, 0.6) is 0 Å². The van der Waals surface area contributed by atoms with Crippen molar-refractivity contribution < 1.29 is 14.7 Å². The lowest BCUT2D eigenvalue weighted by molar-refractivity contribution is -0.132. The molecule has 21 heavy (non-hydrogen) atoms. The van der Waals surface area contributed by atoms with Crippen LogP contribution < -0.4 is 0 Å². The molecule has 0 fully saturated rings. The predicted molar refractivity (Wildman–Crippen MR) is 81.3 cm³/mol. The van der Waals surface area contributed by atoms with Gasteiger partial charge in [-0.3, -0.25) is 4.79 Å². The van der Waals surface area contributed by atoms with Crippen LogP contribution in [-0.4, -0.2) is 40.8 Å². The van der Waals surface area contributed by atoms with Crippen molar-refractivity contribution in [2.45, 2.75) is 0 Å². The largest absolute Gasteiger partial charge is 0.477 e. The number of benzene rings is 1. The highest BCUT2D eigenvalue weighted by Gasteiger charge is 2.22. The van der Waals surface area contributed by atoms with E-state index in [9.17, 15) is 9.59 Å². The van der Waals surface area contributed by atoms with Gasteiger partial charge in [-0.1, -0.05) is 30.3 Å². The summed E-state index contributed by atoms with van der Waals surface area (Å²) in [5, 5.41) is 11.1. The molecule has 5 nitrogen and oxygen atoms in total. The van der Waals surface area contributed by atoms with Gasteiger partial charge in [0.15, 0.2) is 5.01 Å². The van der Waals surface area contributed by atoms with Crippen LogP contribution in [0.3, 0.4) is 0 Å².